The maximum absolute atomic E-state index is 12.5. The number of nitrogens with one attached hydrogen (secondary N) is 1. The van der Waals surface area contributed by atoms with Crippen LogP contribution in [-0.2, 0) is 4.79 Å². The maximum Gasteiger partial charge on any atom is 0.266 e. The zero-order chi connectivity index (χ0) is 18.0. The van der Waals surface area contributed by atoms with Crippen LogP contribution >= 0.6 is 12.6 Å². The number of thiol groups is 1. The first-order valence-electron chi connectivity index (χ1n) is 8.64. The normalized spacial score (nSPS) is 26.4. The minimum absolute atomic E-state index is 0.0578. The Morgan fingerprint density at radius 3 is 2.52 bits per heavy atom. The van der Waals surface area contributed by atoms with Crippen LogP contribution in [0.1, 0.15) is 39.0 Å². The Morgan fingerprint density at radius 1 is 1.36 bits per heavy atom. The Morgan fingerprint density at radius 2 is 2.00 bits per heavy atom. The molecule has 1 amide bonds. The molecule has 1 saturated carbocycles. The predicted molar refractivity (Wildman–Crippen MR) is 100 cm³/mol. The number of carbonyl (C=O) groups excluding carboxylic acids is 1. The lowest BCUT2D eigenvalue weighted by Gasteiger charge is -2.51. The molecular weight excluding hydrogens is 334 g/mol. The summed E-state index contributed by atoms with van der Waals surface area (Å²) in [6.07, 6.45) is 4.93. The maximum atomic E-state index is 12.5. The molecule has 0 saturated heterocycles. The number of hydrogen-bond donors (Lipinski definition) is 2. The summed E-state index contributed by atoms with van der Waals surface area (Å²) in [5.74, 6) is 1.12. The third-order valence-electron chi connectivity index (χ3n) is 5.39. The van der Waals surface area contributed by atoms with E-state index in [1.165, 1.54) is 0 Å². The third kappa shape index (κ3) is 3.09. The van der Waals surface area contributed by atoms with Crippen molar-refractivity contribution in [1.82, 2.24) is 5.32 Å². The van der Waals surface area contributed by atoms with E-state index >= 15 is 0 Å². The fourth-order valence-electron chi connectivity index (χ4n) is 3.86. The number of hydrogen-bond acceptors (Lipinski definition) is 5. The quantitative estimate of drug-likeness (QED) is 0.812. The van der Waals surface area contributed by atoms with E-state index in [9.17, 15) is 10.1 Å². The average molecular weight is 357 g/mol. The topological polar surface area (TPSA) is 65.4 Å². The lowest BCUT2D eigenvalue weighted by atomic mass is 9.78. The largest absolute Gasteiger partial charge is 0.497 e. The van der Waals surface area contributed by atoms with E-state index in [1.807, 2.05) is 35.2 Å². The molecule has 1 aromatic rings. The van der Waals surface area contributed by atoms with Gasteiger partial charge >= 0.3 is 0 Å². The number of amides is 1. The SMILES string of the molecule is CCC1CCC2(CC1)NC(=O)C(C#N)=C(S)N2c1ccc(OC)cc1. The second-order valence-electron chi connectivity index (χ2n) is 6.68. The minimum Gasteiger partial charge on any atom is -0.497 e. The first-order valence-corrected chi connectivity index (χ1v) is 9.09. The highest BCUT2D eigenvalue weighted by atomic mass is 32.1. The molecule has 0 aromatic heterocycles. The molecule has 0 bridgehead atoms. The molecule has 132 valence electrons. The summed E-state index contributed by atoms with van der Waals surface area (Å²) >= 11 is 4.57. The van der Waals surface area contributed by atoms with Gasteiger partial charge in [0.1, 0.15) is 23.1 Å². The van der Waals surface area contributed by atoms with Crippen LogP contribution in [0.2, 0.25) is 0 Å². The number of nitrogens with zero attached hydrogens (tertiary/aromatic N) is 2. The molecule has 1 spiro atoms. The highest BCUT2D eigenvalue weighted by Gasteiger charge is 2.47. The van der Waals surface area contributed by atoms with Gasteiger partial charge in [-0.2, -0.15) is 5.26 Å². The molecule has 1 aromatic carbocycles. The molecular formula is C19H23N3O2S. The Labute approximate surface area is 154 Å². The lowest BCUT2D eigenvalue weighted by Crippen LogP contribution is -2.64. The van der Waals surface area contributed by atoms with Gasteiger partial charge in [0.05, 0.1) is 12.1 Å². The first-order chi connectivity index (χ1) is 12.0. The highest BCUT2D eigenvalue weighted by Crippen LogP contribution is 2.44. The molecule has 1 aliphatic heterocycles. The van der Waals surface area contributed by atoms with Crippen molar-refractivity contribution in [3.05, 3.63) is 34.9 Å². The number of anilines is 1. The van der Waals surface area contributed by atoms with Gasteiger partial charge < -0.3 is 15.0 Å². The molecule has 6 heteroatoms. The van der Waals surface area contributed by atoms with E-state index in [4.69, 9.17) is 4.74 Å². The molecule has 0 radical (unpaired) electrons. The molecule has 5 nitrogen and oxygen atoms in total. The van der Waals surface area contributed by atoms with Gasteiger partial charge in [-0.25, -0.2) is 0 Å². The Balaban J connectivity index is 2.05. The van der Waals surface area contributed by atoms with Crippen LogP contribution in [-0.4, -0.2) is 18.7 Å². The summed E-state index contributed by atoms with van der Waals surface area (Å²) in [4.78, 5) is 14.5. The average Bonchev–Trinajstić information content (AvgIpc) is 2.63. The van der Waals surface area contributed by atoms with Crippen LogP contribution in [0.3, 0.4) is 0 Å². The van der Waals surface area contributed by atoms with Gasteiger partial charge in [0.2, 0.25) is 0 Å². The summed E-state index contributed by atoms with van der Waals surface area (Å²) in [6.45, 7) is 2.21. The van der Waals surface area contributed by atoms with Crippen molar-refractivity contribution < 1.29 is 9.53 Å². The van der Waals surface area contributed by atoms with Crippen LogP contribution < -0.4 is 15.0 Å². The monoisotopic (exact) mass is 357 g/mol. The van der Waals surface area contributed by atoms with Gasteiger partial charge in [-0.3, -0.25) is 4.79 Å². The molecule has 1 fully saturated rings. The standard InChI is InChI=1S/C19H23N3O2S/c1-3-13-8-10-19(11-9-13)21-17(23)16(12-20)18(25)22(19)14-4-6-15(24-2)7-5-14/h4-7,13,25H,3,8-11H2,1-2H3,(H,21,23). The molecule has 3 rings (SSSR count). The summed E-state index contributed by atoms with van der Waals surface area (Å²) in [5, 5.41) is 12.9. The second kappa shape index (κ2) is 7.01. The van der Waals surface area contributed by atoms with Crippen LogP contribution in [0, 0.1) is 17.2 Å². The number of ether oxygens (including phenoxy) is 1. The molecule has 0 unspecified atom stereocenters. The number of benzene rings is 1. The zero-order valence-electron chi connectivity index (χ0n) is 14.6. The van der Waals surface area contributed by atoms with Gasteiger partial charge in [-0.1, -0.05) is 13.3 Å². The van der Waals surface area contributed by atoms with Gasteiger partial charge in [-0.15, -0.1) is 12.6 Å². The molecule has 0 atom stereocenters. The van der Waals surface area contributed by atoms with E-state index in [1.54, 1.807) is 7.11 Å². The van der Waals surface area contributed by atoms with Crippen molar-refractivity contribution >= 4 is 24.2 Å². The van der Waals surface area contributed by atoms with Gasteiger partial charge in [0.15, 0.2) is 0 Å². The Kier molecular flexibility index (Phi) is 4.96. The van der Waals surface area contributed by atoms with Crippen molar-refractivity contribution in [1.29, 1.82) is 5.26 Å². The fraction of sp³-hybridized carbons (Fsp3) is 0.474. The summed E-state index contributed by atoms with van der Waals surface area (Å²) < 4.78 is 5.24. The summed E-state index contributed by atoms with van der Waals surface area (Å²) in [6, 6.07) is 9.63. The van der Waals surface area contributed by atoms with E-state index in [0.29, 0.717) is 10.9 Å². The Hall–Kier alpha value is -2.13. The Bertz CT molecular complexity index is 728. The molecule has 2 aliphatic rings. The highest BCUT2D eigenvalue weighted by molar-refractivity contribution is 7.84. The smallest absolute Gasteiger partial charge is 0.266 e. The molecule has 1 aliphatic carbocycles. The minimum atomic E-state index is -0.519. The van der Waals surface area contributed by atoms with E-state index in [-0.39, 0.29) is 11.5 Å². The van der Waals surface area contributed by atoms with Crippen LogP contribution in [0.4, 0.5) is 5.69 Å². The first kappa shape index (κ1) is 17.7. The second-order valence-corrected chi connectivity index (χ2v) is 7.10. The van der Waals surface area contributed by atoms with E-state index < -0.39 is 5.66 Å². The zero-order valence-corrected chi connectivity index (χ0v) is 15.5. The van der Waals surface area contributed by atoms with Gasteiger partial charge in [0, 0.05) is 5.69 Å². The van der Waals surface area contributed by atoms with E-state index in [2.05, 4.69) is 24.9 Å². The molecule has 1 heterocycles. The van der Waals surface area contributed by atoms with Gasteiger partial charge in [-0.05, 0) is 55.9 Å². The van der Waals surface area contributed by atoms with Crippen LogP contribution in [0.15, 0.2) is 34.9 Å². The van der Waals surface area contributed by atoms with Crippen molar-refractivity contribution in [2.24, 2.45) is 5.92 Å². The summed E-state index contributed by atoms with van der Waals surface area (Å²) in [7, 11) is 1.63. The van der Waals surface area contributed by atoms with Crippen LogP contribution in [0.25, 0.3) is 0 Å². The number of rotatable bonds is 3. The van der Waals surface area contributed by atoms with Crippen LogP contribution in [0.5, 0.6) is 5.75 Å². The fourth-order valence-corrected chi connectivity index (χ4v) is 4.32. The summed E-state index contributed by atoms with van der Waals surface area (Å²) in [5.41, 5.74) is 0.435. The van der Waals surface area contributed by atoms with Crippen molar-refractivity contribution in [3.8, 4) is 11.8 Å². The number of carbonyl (C=O) groups is 1. The van der Waals surface area contributed by atoms with Crippen molar-refractivity contribution in [2.75, 3.05) is 12.0 Å². The van der Waals surface area contributed by atoms with Crippen molar-refractivity contribution in [3.63, 3.8) is 0 Å². The number of nitriles is 1. The predicted octanol–water partition coefficient (Wildman–Crippen LogP) is 3.59. The van der Waals surface area contributed by atoms with E-state index in [0.717, 1.165) is 43.5 Å². The number of methoxy groups -OCH3 is 1. The van der Waals surface area contributed by atoms with Gasteiger partial charge in [0.25, 0.3) is 5.91 Å². The molecule has 25 heavy (non-hydrogen) atoms. The lowest BCUT2D eigenvalue weighted by molar-refractivity contribution is -0.120. The third-order valence-corrected chi connectivity index (χ3v) is 5.81. The molecule has 1 N–H and O–H groups in total. The van der Waals surface area contributed by atoms with Crippen molar-refractivity contribution in [2.45, 2.75) is 44.7 Å².